The van der Waals surface area contributed by atoms with Gasteiger partial charge in [-0.05, 0) is 48.7 Å². The summed E-state index contributed by atoms with van der Waals surface area (Å²) in [6.45, 7) is 0. The van der Waals surface area contributed by atoms with Crippen molar-refractivity contribution in [3.05, 3.63) is 59.7 Å². The molecule has 4 heteroatoms. The smallest absolute Gasteiger partial charge is 0.235 e. The number of hydrogen-bond donors (Lipinski definition) is 1. The fourth-order valence-electron chi connectivity index (χ4n) is 2.60. The number of benzene rings is 2. The zero-order valence-electron chi connectivity index (χ0n) is 12.3. The van der Waals surface area contributed by atoms with Gasteiger partial charge in [-0.3, -0.25) is 4.79 Å². The number of nitrogens with zero attached hydrogens (tertiary/aromatic N) is 1. The maximum atomic E-state index is 12.6. The lowest BCUT2D eigenvalue weighted by molar-refractivity contribution is -0.118. The molecule has 0 aromatic heterocycles. The van der Waals surface area contributed by atoms with Crippen molar-refractivity contribution in [1.29, 1.82) is 5.26 Å². The number of methoxy groups -OCH3 is 1. The Morgan fingerprint density at radius 2 is 1.95 bits per heavy atom. The van der Waals surface area contributed by atoms with Gasteiger partial charge in [0.15, 0.2) is 0 Å². The monoisotopic (exact) mass is 292 g/mol. The molecular formula is C18H16N2O2. The first-order chi connectivity index (χ1) is 10.7. The molecule has 0 bridgehead atoms. The van der Waals surface area contributed by atoms with E-state index in [4.69, 9.17) is 10.00 Å². The molecule has 1 aliphatic rings. The Morgan fingerprint density at radius 3 is 2.55 bits per heavy atom. The van der Waals surface area contributed by atoms with E-state index in [1.807, 2.05) is 24.3 Å². The first-order valence-electron chi connectivity index (χ1n) is 7.14. The largest absolute Gasteiger partial charge is 0.497 e. The van der Waals surface area contributed by atoms with Crippen molar-refractivity contribution in [1.82, 2.24) is 0 Å². The number of carbonyl (C=O) groups is 1. The van der Waals surface area contributed by atoms with Crippen LogP contribution in [0.4, 0.5) is 5.69 Å². The lowest BCUT2D eigenvalue weighted by Gasteiger charge is -2.16. The molecule has 1 amide bonds. The van der Waals surface area contributed by atoms with Crippen LogP contribution in [0.5, 0.6) is 5.75 Å². The lowest BCUT2D eigenvalue weighted by atomic mass is 9.94. The minimum atomic E-state index is -0.449. The SMILES string of the molecule is COc1ccc(C2(C(=O)Nc3cccc(C#N)c3)CC2)cc1. The van der Waals surface area contributed by atoms with Gasteiger partial charge in [-0.25, -0.2) is 0 Å². The van der Waals surface area contributed by atoms with Crippen molar-refractivity contribution in [2.45, 2.75) is 18.3 Å². The van der Waals surface area contributed by atoms with Crippen molar-refractivity contribution in [2.75, 3.05) is 12.4 Å². The normalized spacial score (nSPS) is 14.7. The second-order valence-electron chi connectivity index (χ2n) is 5.46. The number of nitrogens with one attached hydrogen (secondary N) is 1. The third kappa shape index (κ3) is 2.53. The van der Waals surface area contributed by atoms with Gasteiger partial charge in [0, 0.05) is 5.69 Å². The average Bonchev–Trinajstić information content (AvgIpc) is 3.37. The molecule has 110 valence electrons. The molecule has 22 heavy (non-hydrogen) atoms. The second-order valence-corrected chi connectivity index (χ2v) is 5.46. The number of anilines is 1. The van der Waals surface area contributed by atoms with E-state index < -0.39 is 5.41 Å². The van der Waals surface area contributed by atoms with Gasteiger partial charge < -0.3 is 10.1 Å². The van der Waals surface area contributed by atoms with Gasteiger partial charge in [0.1, 0.15) is 5.75 Å². The van der Waals surface area contributed by atoms with E-state index in [2.05, 4.69) is 11.4 Å². The third-order valence-corrected chi connectivity index (χ3v) is 4.08. The van der Waals surface area contributed by atoms with E-state index in [0.717, 1.165) is 24.2 Å². The van der Waals surface area contributed by atoms with Crippen LogP contribution in [0.2, 0.25) is 0 Å². The molecule has 0 radical (unpaired) electrons. The molecular weight excluding hydrogens is 276 g/mol. The number of ether oxygens (including phenoxy) is 1. The standard InChI is InChI=1S/C18H16N2O2/c1-22-16-7-5-14(6-8-16)18(9-10-18)17(21)20-15-4-2-3-13(11-15)12-19/h2-8,11H,9-10H2,1H3,(H,20,21). The Bertz CT molecular complexity index is 740. The summed E-state index contributed by atoms with van der Waals surface area (Å²) in [7, 11) is 1.62. The molecule has 4 nitrogen and oxygen atoms in total. The number of hydrogen-bond acceptors (Lipinski definition) is 3. The van der Waals surface area contributed by atoms with Gasteiger partial charge in [0.2, 0.25) is 5.91 Å². The summed E-state index contributed by atoms with van der Waals surface area (Å²) in [6.07, 6.45) is 1.67. The van der Waals surface area contributed by atoms with E-state index in [9.17, 15) is 4.79 Å². The number of carbonyl (C=O) groups excluding carboxylic acids is 1. The van der Waals surface area contributed by atoms with Crippen molar-refractivity contribution < 1.29 is 9.53 Å². The molecule has 2 aromatic carbocycles. The highest BCUT2D eigenvalue weighted by Gasteiger charge is 2.51. The van der Waals surface area contributed by atoms with Crippen LogP contribution in [0.25, 0.3) is 0 Å². The minimum Gasteiger partial charge on any atom is -0.497 e. The van der Waals surface area contributed by atoms with E-state index in [-0.39, 0.29) is 5.91 Å². The number of nitriles is 1. The van der Waals surface area contributed by atoms with E-state index in [1.54, 1.807) is 31.4 Å². The van der Waals surface area contributed by atoms with Crippen LogP contribution in [-0.4, -0.2) is 13.0 Å². The summed E-state index contributed by atoms with van der Waals surface area (Å²) in [5.41, 5.74) is 1.74. The van der Waals surface area contributed by atoms with Crippen molar-refractivity contribution >= 4 is 11.6 Å². The maximum Gasteiger partial charge on any atom is 0.235 e. The van der Waals surface area contributed by atoms with Crippen LogP contribution in [0.1, 0.15) is 24.0 Å². The fourth-order valence-corrected chi connectivity index (χ4v) is 2.60. The topological polar surface area (TPSA) is 62.1 Å². The highest BCUT2D eigenvalue weighted by molar-refractivity contribution is 6.01. The number of amides is 1. The van der Waals surface area contributed by atoms with Crippen LogP contribution in [0.3, 0.4) is 0 Å². The predicted molar refractivity (Wildman–Crippen MR) is 83.7 cm³/mol. The fraction of sp³-hybridized carbons (Fsp3) is 0.222. The van der Waals surface area contributed by atoms with Gasteiger partial charge in [-0.1, -0.05) is 18.2 Å². The van der Waals surface area contributed by atoms with Gasteiger partial charge >= 0.3 is 0 Å². The molecule has 2 aromatic rings. The Morgan fingerprint density at radius 1 is 1.23 bits per heavy atom. The van der Waals surface area contributed by atoms with E-state index in [1.165, 1.54) is 0 Å². The molecule has 3 rings (SSSR count). The van der Waals surface area contributed by atoms with Gasteiger partial charge in [-0.15, -0.1) is 0 Å². The Balaban J connectivity index is 1.80. The average molecular weight is 292 g/mol. The molecule has 0 atom stereocenters. The summed E-state index contributed by atoms with van der Waals surface area (Å²) >= 11 is 0. The lowest BCUT2D eigenvalue weighted by Crippen LogP contribution is -2.27. The molecule has 0 spiro atoms. The zero-order valence-corrected chi connectivity index (χ0v) is 12.3. The molecule has 0 saturated heterocycles. The molecule has 1 fully saturated rings. The highest BCUT2D eigenvalue weighted by atomic mass is 16.5. The maximum absolute atomic E-state index is 12.6. The van der Waals surface area contributed by atoms with Crippen LogP contribution in [0.15, 0.2) is 48.5 Å². The first-order valence-corrected chi connectivity index (χ1v) is 7.14. The van der Waals surface area contributed by atoms with Crippen LogP contribution >= 0.6 is 0 Å². The Kier molecular flexibility index (Phi) is 3.56. The Hall–Kier alpha value is -2.80. The second kappa shape index (κ2) is 5.53. The highest BCUT2D eigenvalue weighted by Crippen LogP contribution is 2.49. The Labute approximate surface area is 129 Å². The van der Waals surface area contributed by atoms with Crippen molar-refractivity contribution in [3.63, 3.8) is 0 Å². The summed E-state index contributed by atoms with van der Waals surface area (Å²) in [6, 6.07) is 16.7. The molecule has 1 N–H and O–H groups in total. The van der Waals surface area contributed by atoms with Crippen molar-refractivity contribution in [2.24, 2.45) is 0 Å². The van der Waals surface area contributed by atoms with Gasteiger partial charge in [0.05, 0.1) is 24.2 Å². The predicted octanol–water partition coefficient (Wildman–Crippen LogP) is 3.24. The summed E-state index contributed by atoms with van der Waals surface area (Å²) in [5.74, 6) is 0.759. The number of rotatable bonds is 4. The van der Waals surface area contributed by atoms with Gasteiger partial charge in [0.25, 0.3) is 0 Å². The van der Waals surface area contributed by atoms with E-state index in [0.29, 0.717) is 11.3 Å². The third-order valence-electron chi connectivity index (χ3n) is 4.08. The van der Waals surface area contributed by atoms with E-state index >= 15 is 0 Å². The summed E-state index contributed by atoms with van der Waals surface area (Å²) in [5, 5.41) is 11.8. The van der Waals surface area contributed by atoms with Gasteiger partial charge in [-0.2, -0.15) is 5.26 Å². The molecule has 1 saturated carbocycles. The van der Waals surface area contributed by atoms with Crippen LogP contribution in [0, 0.1) is 11.3 Å². The summed E-state index contributed by atoms with van der Waals surface area (Å²) < 4.78 is 5.15. The summed E-state index contributed by atoms with van der Waals surface area (Å²) in [4.78, 5) is 12.6. The van der Waals surface area contributed by atoms with Crippen LogP contribution < -0.4 is 10.1 Å². The zero-order chi connectivity index (χ0) is 15.6. The van der Waals surface area contributed by atoms with Crippen LogP contribution in [-0.2, 0) is 10.2 Å². The quantitative estimate of drug-likeness (QED) is 0.941. The van der Waals surface area contributed by atoms with Crippen molar-refractivity contribution in [3.8, 4) is 11.8 Å². The molecule has 1 aliphatic carbocycles. The molecule has 0 heterocycles. The minimum absolute atomic E-state index is 0.0206. The first kappa shape index (κ1) is 14.2. The molecule has 0 aliphatic heterocycles. The molecule has 0 unspecified atom stereocenters.